The van der Waals surface area contributed by atoms with Crippen LogP contribution in [0.2, 0.25) is 0 Å². The van der Waals surface area contributed by atoms with E-state index in [0.717, 1.165) is 30.4 Å². The molecule has 0 heterocycles. The van der Waals surface area contributed by atoms with E-state index in [1.165, 1.54) is 12.1 Å². The Balaban J connectivity index is 1.75. The average molecular weight is 283 g/mol. The molecule has 0 aromatic heterocycles. The first-order valence-corrected chi connectivity index (χ1v) is 7.29. The van der Waals surface area contributed by atoms with Crippen molar-refractivity contribution in [1.29, 1.82) is 0 Å². The van der Waals surface area contributed by atoms with E-state index in [1.807, 2.05) is 36.4 Å². The minimum Gasteiger partial charge on any atom is -0.351 e. The molecule has 21 heavy (non-hydrogen) atoms. The Morgan fingerprint density at radius 3 is 2.48 bits per heavy atom. The van der Waals surface area contributed by atoms with Gasteiger partial charge in [0.25, 0.3) is 0 Å². The van der Waals surface area contributed by atoms with Gasteiger partial charge in [0.2, 0.25) is 5.91 Å². The second kappa shape index (κ2) is 5.68. The number of halogens is 1. The Hall–Kier alpha value is -2.16. The highest BCUT2D eigenvalue weighted by Crippen LogP contribution is 2.44. The summed E-state index contributed by atoms with van der Waals surface area (Å²) in [6.07, 6.45) is 2.59. The lowest BCUT2D eigenvalue weighted by atomic mass is 9.64. The lowest BCUT2D eigenvalue weighted by molar-refractivity contribution is -0.130. The maximum atomic E-state index is 13.4. The summed E-state index contributed by atoms with van der Waals surface area (Å²) in [6.45, 7) is 0.511. The van der Waals surface area contributed by atoms with Gasteiger partial charge in [-0.3, -0.25) is 4.79 Å². The van der Waals surface area contributed by atoms with Gasteiger partial charge >= 0.3 is 0 Å². The molecule has 0 spiro atoms. The van der Waals surface area contributed by atoms with Gasteiger partial charge in [0.15, 0.2) is 0 Å². The maximum Gasteiger partial charge on any atom is 0.230 e. The molecule has 0 aliphatic heterocycles. The fourth-order valence-electron chi connectivity index (χ4n) is 2.91. The second-order valence-electron chi connectivity index (χ2n) is 5.61. The third kappa shape index (κ3) is 2.68. The van der Waals surface area contributed by atoms with Gasteiger partial charge in [-0.15, -0.1) is 0 Å². The van der Waals surface area contributed by atoms with E-state index in [9.17, 15) is 9.18 Å². The molecular weight excluding hydrogens is 265 g/mol. The summed E-state index contributed by atoms with van der Waals surface area (Å²) in [4.78, 5) is 12.6. The van der Waals surface area contributed by atoms with Crippen molar-refractivity contribution in [2.75, 3.05) is 0 Å². The van der Waals surface area contributed by atoms with Crippen LogP contribution in [0, 0.1) is 5.82 Å². The monoisotopic (exact) mass is 283 g/mol. The molecule has 108 valence electrons. The number of carbonyl (C=O) groups excluding carboxylic acids is 1. The van der Waals surface area contributed by atoms with Gasteiger partial charge in [-0.2, -0.15) is 0 Å². The molecule has 2 aromatic carbocycles. The number of hydrogen-bond donors (Lipinski definition) is 1. The first-order chi connectivity index (χ1) is 10.2. The normalized spacial score (nSPS) is 16.0. The van der Waals surface area contributed by atoms with Crippen molar-refractivity contribution >= 4 is 5.91 Å². The zero-order chi connectivity index (χ0) is 14.7. The van der Waals surface area contributed by atoms with Gasteiger partial charge in [0.05, 0.1) is 5.41 Å². The first-order valence-electron chi connectivity index (χ1n) is 7.29. The van der Waals surface area contributed by atoms with Crippen LogP contribution in [0.25, 0.3) is 0 Å². The Morgan fingerprint density at radius 2 is 1.86 bits per heavy atom. The van der Waals surface area contributed by atoms with Crippen molar-refractivity contribution in [2.45, 2.75) is 31.2 Å². The van der Waals surface area contributed by atoms with Gasteiger partial charge < -0.3 is 5.32 Å². The van der Waals surface area contributed by atoms with E-state index in [1.54, 1.807) is 6.07 Å². The van der Waals surface area contributed by atoms with Crippen molar-refractivity contribution in [3.8, 4) is 0 Å². The molecule has 3 rings (SSSR count). The summed E-state index contributed by atoms with van der Waals surface area (Å²) in [5, 5.41) is 3.00. The molecule has 1 aliphatic rings. The van der Waals surface area contributed by atoms with E-state index in [0.29, 0.717) is 6.54 Å². The van der Waals surface area contributed by atoms with E-state index in [2.05, 4.69) is 5.32 Å². The van der Waals surface area contributed by atoms with Crippen LogP contribution in [-0.4, -0.2) is 5.91 Å². The molecule has 1 N–H and O–H groups in total. The highest BCUT2D eigenvalue weighted by Gasteiger charge is 2.45. The molecule has 0 atom stereocenters. The van der Waals surface area contributed by atoms with Gasteiger partial charge in [-0.1, -0.05) is 48.9 Å². The van der Waals surface area contributed by atoms with Crippen LogP contribution < -0.4 is 5.32 Å². The fourth-order valence-corrected chi connectivity index (χ4v) is 2.91. The molecule has 0 saturated heterocycles. The topological polar surface area (TPSA) is 29.1 Å². The predicted octanol–water partition coefficient (Wildman–Crippen LogP) is 3.56. The molecule has 1 amide bonds. The van der Waals surface area contributed by atoms with Crippen LogP contribution in [0.15, 0.2) is 54.6 Å². The van der Waals surface area contributed by atoms with Crippen molar-refractivity contribution in [3.05, 3.63) is 71.5 Å². The molecule has 3 heteroatoms. The molecule has 2 nitrogen and oxygen atoms in total. The van der Waals surface area contributed by atoms with Crippen molar-refractivity contribution in [1.82, 2.24) is 5.32 Å². The lowest BCUT2D eigenvalue weighted by Crippen LogP contribution is -2.49. The predicted molar refractivity (Wildman–Crippen MR) is 80.2 cm³/mol. The SMILES string of the molecule is O=C(NCc1ccccc1)C1(c2cccc(F)c2)CCC1. The second-order valence-corrected chi connectivity index (χ2v) is 5.61. The number of hydrogen-bond acceptors (Lipinski definition) is 1. The van der Waals surface area contributed by atoms with Gasteiger partial charge in [0, 0.05) is 6.54 Å². The van der Waals surface area contributed by atoms with E-state index < -0.39 is 5.41 Å². The maximum absolute atomic E-state index is 13.4. The minimum atomic E-state index is -0.545. The van der Waals surface area contributed by atoms with Crippen molar-refractivity contribution in [2.24, 2.45) is 0 Å². The van der Waals surface area contributed by atoms with Crippen molar-refractivity contribution in [3.63, 3.8) is 0 Å². The van der Waals surface area contributed by atoms with E-state index in [4.69, 9.17) is 0 Å². The van der Waals surface area contributed by atoms with Crippen LogP contribution in [0.1, 0.15) is 30.4 Å². The highest BCUT2D eigenvalue weighted by molar-refractivity contribution is 5.89. The minimum absolute atomic E-state index is 0.00297. The third-order valence-corrected chi connectivity index (χ3v) is 4.31. The quantitative estimate of drug-likeness (QED) is 0.913. The molecule has 2 aromatic rings. The van der Waals surface area contributed by atoms with Crippen LogP contribution in [0.4, 0.5) is 4.39 Å². The summed E-state index contributed by atoms with van der Waals surface area (Å²) in [7, 11) is 0. The standard InChI is InChI=1S/C18H18FNO/c19-16-9-4-8-15(12-16)18(10-5-11-18)17(21)20-13-14-6-2-1-3-7-14/h1-4,6-9,12H,5,10-11,13H2,(H,20,21). The van der Waals surface area contributed by atoms with Gasteiger partial charge in [-0.05, 0) is 36.1 Å². The molecule has 0 unspecified atom stereocenters. The molecule has 1 fully saturated rings. The van der Waals surface area contributed by atoms with Crippen LogP contribution in [-0.2, 0) is 16.8 Å². The van der Waals surface area contributed by atoms with Crippen molar-refractivity contribution < 1.29 is 9.18 Å². The smallest absolute Gasteiger partial charge is 0.230 e. The summed E-state index contributed by atoms with van der Waals surface area (Å²) in [5.41, 5.74) is 1.32. The molecular formula is C18H18FNO. The average Bonchev–Trinajstić information content (AvgIpc) is 2.45. The Morgan fingerprint density at radius 1 is 1.10 bits per heavy atom. The van der Waals surface area contributed by atoms with Gasteiger partial charge in [0.1, 0.15) is 5.82 Å². The molecule has 0 radical (unpaired) electrons. The number of rotatable bonds is 4. The summed E-state index contributed by atoms with van der Waals surface area (Å²) < 4.78 is 13.4. The van der Waals surface area contributed by atoms with Crippen LogP contribution >= 0.6 is 0 Å². The molecule has 1 saturated carbocycles. The van der Waals surface area contributed by atoms with E-state index in [-0.39, 0.29) is 11.7 Å². The largest absolute Gasteiger partial charge is 0.351 e. The number of benzene rings is 2. The highest BCUT2D eigenvalue weighted by atomic mass is 19.1. The Bertz CT molecular complexity index is 635. The van der Waals surface area contributed by atoms with E-state index >= 15 is 0 Å². The lowest BCUT2D eigenvalue weighted by Gasteiger charge is -2.40. The Kier molecular flexibility index (Phi) is 3.74. The molecule has 1 aliphatic carbocycles. The van der Waals surface area contributed by atoms with Gasteiger partial charge in [-0.25, -0.2) is 4.39 Å². The molecule has 0 bridgehead atoms. The zero-order valence-corrected chi connectivity index (χ0v) is 11.8. The first kappa shape index (κ1) is 13.8. The summed E-state index contributed by atoms with van der Waals surface area (Å²) >= 11 is 0. The number of nitrogens with one attached hydrogen (secondary N) is 1. The summed E-state index contributed by atoms with van der Waals surface area (Å²) in [6, 6.07) is 16.2. The fraction of sp³-hybridized carbons (Fsp3) is 0.278. The zero-order valence-electron chi connectivity index (χ0n) is 11.8. The van der Waals surface area contributed by atoms with Crippen LogP contribution in [0.5, 0.6) is 0 Å². The third-order valence-electron chi connectivity index (χ3n) is 4.31. The number of amides is 1. The summed E-state index contributed by atoms with van der Waals surface area (Å²) in [5.74, 6) is -0.280. The Labute approximate surface area is 124 Å². The number of carbonyl (C=O) groups is 1. The van der Waals surface area contributed by atoms with Crippen LogP contribution in [0.3, 0.4) is 0 Å².